The topological polar surface area (TPSA) is 25.0 Å². The largest absolute Gasteiger partial charge is 0.491 e. The molecule has 0 spiro atoms. The summed E-state index contributed by atoms with van der Waals surface area (Å²) >= 11 is 0. The summed E-state index contributed by atoms with van der Waals surface area (Å²) in [6.45, 7) is 1.50. The first kappa shape index (κ1) is 9.34. The molecule has 2 rings (SSSR count). The van der Waals surface area contributed by atoms with Crippen molar-refractivity contribution in [2.75, 3.05) is 32.2 Å². The molecule has 1 atom stereocenters. The average molecular weight is 193 g/mol. The normalized spacial score (nSPS) is 19.1. The Labute approximate surface area is 84.2 Å². The lowest BCUT2D eigenvalue weighted by molar-refractivity contribution is 0.263. The summed E-state index contributed by atoms with van der Waals surface area (Å²) in [4.78, 5) is 2.06. The molecule has 1 unspecified atom stereocenters. The van der Waals surface area contributed by atoms with E-state index in [0.717, 1.165) is 18.0 Å². The summed E-state index contributed by atoms with van der Waals surface area (Å²) in [6, 6.07) is 8.05. The van der Waals surface area contributed by atoms with E-state index in [4.69, 9.17) is 9.47 Å². The number of ether oxygens (including phenoxy) is 2. The molecule has 1 aliphatic heterocycles. The van der Waals surface area contributed by atoms with Gasteiger partial charge in [0, 0.05) is 25.8 Å². The molecule has 3 heteroatoms. The minimum atomic E-state index is 0.318. The van der Waals surface area contributed by atoms with Crippen LogP contribution in [0.4, 0.5) is 5.69 Å². The quantitative estimate of drug-likeness (QED) is 0.678. The zero-order chi connectivity index (χ0) is 9.97. The first-order valence-electron chi connectivity index (χ1n) is 4.77. The van der Waals surface area contributed by atoms with Crippen LogP contribution in [0.15, 0.2) is 24.3 Å². The molecule has 1 heterocycles. The van der Waals surface area contributed by atoms with Gasteiger partial charge in [-0.1, -0.05) is 6.07 Å². The van der Waals surface area contributed by atoms with E-state index in [9.17, 15) is 0 Å². The Kier molecular flexibility index (Phi) is 2.59. The zero-order valence-corrected chi connectivity index (χ0v) is 8.56. The lowest BCUT2D eigenvalue weighted by atomic mass is 10.3. The van der Waals surface area contributed by atoms with Gasteiger partial charge < -0.3 is 14.4 Å². The SMILES string of the molecule is CN(C)c1cccc(OCC2CO2)c1. The van der Waals surface area contributed by atoms with Gasteiger partial charge in [0.1, 0.15) is 18.5 Å². The molecule has 0 N–H and O–H groups in total. The molecule has 1 aromatic carbocycles. The fourth-order valence-corrected chi connectivity index (χ4v) is 1.20. The first-order valence-corrected chi connectivity index (χ1v) is 4.77. The van der Waals surface area contributed by atoms with Crippen LogP contribution in [-0.4, -0.2) is 33.4 Å². The number of rotatable bonds is 4. The van der Waals surface area contributed by atoms with Crippen molar-refractivity contribution in [2.24, 2.45) is 0 Å². The van der Waals surface area contributed by atoms with E-state index in [1.165, 1.54) is 0 Å². The smallest absolute Gasteiger partial charge is 0.121 e. The maximum atomic E-state index is 5.57. The predicted octanol–water partition coefficient (Wildman–Crippen LogP) is 1.53. The predicted molar refractivity (Wildman–Crippen MR) is 56.0 cm³/mol. The molecule has 0 saturated carbocycles. The van der Waals surface area contributed by atoms with Crippen molar-refractivity contribution in [1.82, 2.24) is 0 Å². The Morgan fingerprint density at radius 2 is 2.29 bits per heavy atom. The molecule has 1 fully saturated rings. The molecular formula is C11H15NO2. The van der Waals surface area contributed by atoms with Gasteiger partial charge in [0.05, 0.1) is 6.61 Å². The Hall–Kier alpha value is -1.22. The Balaban J connectivity index is 1.97. The molecule has 0 aliphatic carbocycles. The van der Waals surface area contributed by atoms with Crippen LogP contribution in [0, 0.1) is 0 Å². The summed E-state index contributed by atoms with van der Waals surface area (Å²) in [6.07, 6.45) is 0.318. The van der Waals surface area contributed by atoms with Crippen LogP contribution in [-0.2, 0) is 4.74 Å². The van der Waals surface area contributed by atoms with Crippen molar-refractivity contribution in [3.8, 4) is 5.75 Å². The third kappa shape index (κ3) is 2.39. The summed E-state index contributed by atoms with van der Waals surface area (Å²) in [5.41, 5.74) is 1.15. The van der Waals surface area contributed by atoms with Crippen molar-refractivity contribution in [3.63, 3.8) is 0 Å². The van der Waals surface area contributed by atoms with Gasteiger partial charge in [-0.2, -0.15) is 0 Å². The van der Waals surface area contributed by atoms with Crippen molar-refractivity contribution in [3.05, 3.63) is 24.3 Å². The van der Waals surface area contributed by atoms with Gasteiger partial charge in [-0.15, -0.1) is 0 Å². The molecule has 14 heavy (non-hydrogen) atoms. The summed E-state index contributed by atoms with van der Waals surface area (Å²) < 4.78 is 10.6. The first-order chi connectivity index (χ1) is 6.75. The van der Waals surface area contributed by atoms with Crippen LogP contribution in [0.1, 0.15) is 0 Å². The van der Waals surface area contributed by atoms with E-state index in [1.54, 1.807) is 0 Å². The van der Waals surface area contributed by atoms with Gasteiger partial charge in [-0.3, -0.25) is 0 Å². The van der Waals surface area contributed by atoms with E-state index >= 15 is 0 Å². The van der Waals surface area contributed by atoms with Gasteiger partial charge in [0.25, 0.3) is 0 Å². The Morgan fingerprint density at radius 3 is 2.93 bits per heavy atom. The maximum Gasteiger partial charge on any atom is 0.121 e. The summed E-state index contributed by atoms with van der Waals surface area (Å²) in [5.74, 6) is 0.909. The number of nitrogens with zero attached hydrogens (tertiary/aromatic N) is 1. The van der Waals surface area contributed by atoms with Crippen LogP contribution < -0.4 is 9.64 Å². The maximum absolute atomic E-state index is 5.57. The van der Waals surface area contributed by atoms with Crippen molar-refractivity contribution in [1.29, 1.82) is 0 Å². The molecule has 0 aromatic heterocycles. The third-order valence-electron chi connectivity index (χ3n) is 2.17. The number of hydrogen-bond donors (Lipinski definition) is 0. The Morgan fingerprint density at radius 1 is 1.50 bits per heavy atom. The Bertz CT molecular complexity index is 308. The molecule has 1 aromatic rings. The molecular weight excluding hydrogens is 178 g/mol. The standard InChI is InChI=1S/C11H15NO2/c1-12(2)9-4-3-5-10(6-9)13-7-11-8-14-11/h3-6,11H,7-8H2,1-2H3. The number of hydrogen-bond acceptors (Lipinski definition) is 3. The minimum absolute atomic E-state index is 0.318. The van der Waals surface area contributed by atoms with Gasteiger partial charge in [-0.05, 0) is 12.1 Å². The monoisotopic (exact) mass is 193 g/mol. The van der Waals surface area contributed by atoms with Crippen LogP contribution in [0.3, 0.4) is 0 Å². The van der Waals surface area contributed by atoms with E-state index in [2.05, 4.69) is 11.0 Å². The van der Waals surface area contributed by atoms with Crippen LogP contribution in [0.2, 0.25) is 0 Å². The fourth-order valence-electron chi connectivity index (χ4n) is 1.20. The zero-order valence-electron chi connectivity index (χ0n) is 8.56. The lowest BCUT2D eigenvalue weighted by Gasteiger charge is -2.13. The van der Waals surface area contributed by atoms with Crippen LogP contribution in [0.25, 0.3) is 0 Å². The summed E-state index contributed by atoms with van der Waals surface area (Å²) in [5, 5.41) is 0. The molecule has 0 radical (unpaired) electrons. The van der Waals surface area contributed by atoms with Crippen molar-refractivity contribution < 1.29 is 9.47 Å². The highest BCUT2D eigenvalue weighted by Gasteiger charge is 2.22. The van der Waals surface area contributed by atoms with Crippen LogP contribution in [0.5, 0.6) is 5.75 Å². The van der Waals surface area contributed by atoms with E-state index in [0.29, 0.717) is 12.7 Å². The van der Waals surface area contributed by atoms with E-state index < -0.39 is 0 Å². The van der Waals surface area contributed by atoms with Gasteiger partial charge in [-0.25, -0.2) is 0 Å². The lowest BCUT2D eigenvalue weighted by Crippen LogP contribution is -2.09. The van der Waals surface area contributed by atoms with Gasteiger partial charge in [0.2, 0.25) is 0 Å². The fraction of sp³-hybridized carbons (Fsp3) is 0.455. The average Bonchev–Trinajstić information content (AvgIpc) is 2.99. The number of anilines is 1. The number of epoxide rings is 1. The molecule has 0 amide bonds. The van der Waals surface area contributed by atoms with E-state index in [1.807, 2.05) is 32.3 Å². The second-order valence-corrected chi connectivity index (χ2v) is 3.66. The molecule has 0 bridgehead atoms. The molecule has 3 nitrogen and oxygen atoms in total. The summed E-state index contributed by atoms with van der Waals surface area (Å²) in [7, 11) is 4.03. The minimum Gasteiger partial charge on any atom is -0.491 e. The highest BCUT2D eigenvalue weighted by molar-refractivity contribution is 5.49. The highest BCUT2D eigenvalue weighted by atomic mass is 16.6. The molecule has 1 saturated heterocycles. The van der Waals surface area contributed by atoms with Crippen molar-refractivity contribution >= 4 is 5.69 Å². The van der Waals surface area contributed by atoms with Crippen LogP contribution >= 0.6 is 0 Å². The molecule has 76 valence electrons. The third-order valence-corrected chi connectivity index (χ3v) is 2.17. The van der Waals surface area contributed by atoms with Gasteiger partial charge in [0.15, 0.2) is 0 Å². The van der Waals surface area contributed by atoms with E-state index in [-0.39, 0.29) is 0 Å². The molecule has 1 aliphatic rings. The second kappa shape index (κ2) is 3.88. The van der Waals surface area contributed by atoms with Gasteiger partial charge >= 0.3 is 0 Å². The van der Waals surface area contributed by atoms with Crippen molar-refractivity contribution in [2.45, 2.75) is 6.10 Å². The number of benzene rings is 1. The second-order valence-electron chi connectivity index (χ2n) is 3.66. The highest BCUT2D eigenvalue weighted by Crippen LogP contribution is 2.20.